The Morgan fingerprint density at radius 2 is 1.83 bits per heavy atom. The predicted octanol–water partition coefficient (Wildman–Crippen LogP) is -1.62. The summed E-state index contributed by atoms with van der Waals surface area (Å²) in [5.41, 5.74) is 1.22. The number of aromatic nitrogens is 1. The smallest absolute Gasteiger partial charge is 0.547 e. The summed E-state index contributed by atoms with van der Waals surface area (Å²) in [6.45, 7) is 7.80. The number of hydrogen-bond acceptors (Lipinski definition) is 4. The number of carbonyl (C=O) groups is 1. The van der Waals surface area contributed by atoms with Gasteiger partial charge in [-0.2, -0.15) is 0 Å². The molecule has 0 aromatic carbocycles. The summed E-state index contributed by atoms with van der Waals surface area (Å²) in [5.74, 6) is -1.19. The molecule has 0 aliphatic carbocycles. The molecule has 1 heterocycles. The number of nitrogens with zero attached hydrogens (tertiary/aromatic N) is 2. The maximum absolute atomic E-state index is 11.1. The number of aliphatic carboxylic acids is 1. The van der Waals surface area contributed by atoms with Gasteiger partial charge in [-0.25, -0.2) is 0 Å². The second-order valence-corrected chi connectivity index (χ2v) is 4.97. The Morgan fingerprint density at radius 1 is 1.33 bits per heavy atom. The molecule has 0 aliphatic rings. The van der Waals surface area contributed by atoms with Crippen molar-refractivity contribution in [2.45, 2.75) is 33.7 Å². The van der Waals surface area contributed by atoms with Crippen LogP contribution in [-0.4, -0.2) is 16.7 Å². The van der Waals surface area contributed by atoms with Crippen LogP contribution in [0.5, 0.6) is 0 Å². The van der Waals surface area contributed by atoms with Crippen LogP contribution in [0, 0.1) is 5.41 Å². The minimum atomic E-state index is -1.19. The summed E-state index contributed by atoms with van der Waals surface area (Å²) < 4.78 is 0. The van der Waals surface area contributed by atoms with E-state index in [9.17, 15) is 9.90 Å². The van der Waals surface area contributed by atoms with E-state index in [2.05, 4.69) is 9.98 Å². The van der Waals surface area contributed by atoms with Crippen molar-refractivity contribution >= 4 is 11.7 Å². The molecule has 0 bridgehead atoms. The van der Waals surface area contributed by atoms with E-state index in [0.717, 1.165) is 5.71 Å². The zero-order chi connectivity index (χ0) is 13.1. The van der Waals surface area contributed by atoms with Crippen molar-refractivity contribution in [2.24, 2.45) is 10.4 Å². The molecule has 92 valence electrons. The molecule has 18 heavy (non-hydrogen) atoms. The van der Waals surface area contributed by atoms with Gasteiger partial charge in [-0.1, -0.05) is 20.8 Å². The van der Waals surface area contributed by atoms with Gasteiger partial charge < -0.3 is 9.90 Å². The summed E-state index contributed by atoms with van der Waals surface area (Å²) in [6, 6.07) is 2.32. The molecule has 0 amide bonds. The minimum absolute atomic E-state index is 0. The summed E-state index contributed by atoms with van der Waals surface area (Å²) in [6.07, 6.45) is 3.10. The van der Waals surface area contributed by atoms with Crippen LogP contribution in [0.25, 0.3) is 0 Å². The predicted molar refractivity (Wildman–Crippen MR) is 64.5 cm³/mol. The third kappa shape index (κ3) is 4.64. The van der Waals surface area contributed by atoms with Crippen molar-refractivity contribution in [3.8, 4) is 0 Å². The van der Waals surface area contributed by atoms with Crippen molar-refractivity contribution in [1.29, 1.82) is 0 Å². The van der Waals surface area contributed by atoms with Gasteiger partial charge in [0.2, 0.25) is 0 Å². The van der Waals surface area contributed by atoms with Crippen molar-refractivity contribution in [3.05, 3.63) is 30.1 Å². The molecule has 1 rings (SSSR count). The summed E-state index contributed by atoms with van der Waals surface area (Å²) in [4.78, 5) is 19.2. The van der Waals surface area contributed by atoms with Gasteiger partial charge in [0.1, 0.15) is 6.04 Å². The van der Waals surface area contributed by atoms with Crippen LogP contribution in [0.4, 0.5) is 0 Å². The van der Waals surface area contributed by atoms with Gasteiger partial charge in [0.05, 0.1) is 5.97 Å². The van der Waals surface area contributed by atoms with Crippen molar-refractivity contribution in [2.75, 3.05) is 0 Å². The van der Waals surface area contributed by atoms with Gasteiger partial charge >= 0.3 is 18.9 Å². The van der Waals surface area contributed by atoms with E-state index in [0.29, 0.717) is 5.56 Å². The van der Waals surface area contributed by atoms with Crippen LogP contribution in [0.3, 0.4) is 0 Å². The van der Waals surface area contributed by atoms with E-state index in [4.69, 9.17) is 0 Å². The van der Waals surface area contributed by atoms with E-state index >= 15 is 0 Å². The van der Waals surface area contributed by atoms with Gasteiger partial charge in [0.15, 0.2) is 0 Å². The van der Waals surface area contributed by atoms with Crippen LogP contribution in [-0.2, 0) is 4.79 Å². The second kappa shape index (κ2) is 6.72. The Hall–Kier alpha value is -1.11. The number of pyridine rings is 1. The molecule has 0 radical (unpaired) electrons. The quantitative estimate of drug-likeness (QED) is 0.471. The van der Waals surface area contributed by atoms with Crippen molar-refractivity contribution in [3.63, 3.8) is 0 Å². The molecular weight excluding hydrogens is 223 g/mol. The third-order valence-corrected chi connectivity index (χ3v) is 2.65. The maximum Gasteiger partial charge on any atom is 1.00 e. The summed E-state index contributed by atoms with van der Waals surface area (Å²) >= 11 is 0. The Kier molecular flexibility index (Phi) is 6.31. The van der Waals surface area contributed by atoms with E-state index in [-0.39, 0.29) is 24.3 Å². The Labute approximate surface area is 120 Å². The Balaban J connectivity index is 0.00000289. The van der Waals surface area contributed by atoms with Gasteiger partial charge in [-0.15, -0.1) is 0 Å². The average molecular weight is 240 g/mol. The first-order chi connectivity index (χ1) is 7.82. The van der Waals surface area contributed by atoms with Gasteiger partial charge in [-0.3, -0.25) is 9.98 Å². The third-order valence-electron chi connectivity index (χ3n) is 2.65. The first-order valence-electron chi connectivity index (χ1n) is 5.48. The Bertz CT molecular complexity index is 424. The number of carbonyl (C=O) groups excluding carboxylic acids is 1. The monoisotopic (exact) mass is 240 g/mol. The summed E-state index contributed by atoms with van der Waals surface area (Å²) in [5, 5.41) is 11.1. The molecule has 1 atom stereocenters. The van der Waals surface area contributed by atoms with Crippen LogP contribution in [0.1, 0.15) is 39.3 Å². The maximum atomic E-state index is 11.1. The van der Waals surface area contributed by atoms with Crippen LogP contribution >= 0.6 is 0 Å². The number of hydrogen-bond donors (Lipinski definition) is 0. The molecular formula is C13H17LiN2O2. The standard InChI is InChI=1S/C13H18N2O2.Li/c1-9(13(2,3)4)15-11(12(16)17)10-5-7-14-8-6-10;/h5-8,11H,1-4H3,(H,16,17);/q;+1/p-1. The molecule has 0 saturated heterocycles. The van der Waals surface area contributed by atoms with Gasteiger partial charge in [0.25, 0.3) is 0 Å². The molecule has 1 unspecified atom stereocenters. The fourth-order valence-corrected chi connectivity index (χ4v) is 1.20. The normalized spacial score (nSPS) is 13.7. The van der Waals surface area contributed by atoms with Gasteiger partial charge in [-0.05, 0) is 30.0 Å². The Morgan fingerprint density at radius 3 is 2.22 bits per heavy atom. The van der Waals surface area contributed by atoms with Crippen molar-refractivity contribution < 1.29 is 28.8 Å². The molecule has 1 aromatic rings. The molecule has 0 aliphatic heterocycles. The minimum Gasteiger partial charge on any atom is -0.547 e. The fourth-order valence-electron chi connectivity index (χ4n) is 1.20. The number of aliphatic imine (C=N–C) groups is 1. The zero-order valence-electron chi connectivity index (χ0n) is 11.6. The first kappa shape index (κ1) is 16.9. The van der Waals surface area contributed by atoms with Crippen LogP contribution < -0.4 is 24.0 Å². The number of carboxylic acid groups (broad SMARTS) is 1. The van der Waals surface area contributed by atoms with Crippen molar-refractivity contribution in [1.82, 2.24) is 4.98 Å². The molecule has 0 fully saturated rings. The first-order valence-corrected chi connectivity index (χ1v) is 5.48. The molecule has 0 saturated carbocycles. The van der Waals surface area contributed by atoms with E-state index in [1.54, 1.807) is 24.5 Å². The van der Waals surface area contributed by atoms with Crippen LogP contribution in [0.2, 0.25) is 0 Å². The van der Waals surface area contributed by atoms with E-state index < -0.39 is 12.0 Å². The molecule has 1 aromatic heterocycles. The molecule has 4 nitrogen and oxygen atoms in total. The van der Waals surface area contributed by atoms with E-state index in [1.165, 1.54) is 0 Å². The fraction of sp³-hybridized carbons (Fsp3) is 0.462. The number of rotatable bonds is 3. The second-order valence-electron chi connectivity index (χ2n) is 4.97. The average Bonchev–Trinajstić information content (AvgIpc) is 2.25. The molecule has 0 N–H and O–H groups in total. The number of carboxylic acids is 1. The van der Waals surface area contributed by atoms with Gasteiger partial charge in [0, 0.05) is 18.1 Å². The van der Waals surface area contributed by atoms with E-state index in [1.807, 2.05) is 27.7 Å². The van der Waals surface area contributed by atoms with Crippen LogP contribution in [0.15, 0.2) is 29.5 Å². The molecule has 0 spiro atoms. The topological polar surface area (TPSA) is 65.4 Å². The largest absolute Gasteiger partial charge is 1.00 e. The zero-order valence-corrected chi connectivity index (χ0v) is 11.6. The summed E-state index contributed by atoms with van der Waals surface area (Å²) in [7, 11) is 0. The SMILES string of the molecule is CC(=NC(C(=O)[O-])c1ccncc1)C(C)(C)C.[Li+]. The molecule has 5 heteroatoms.